The maximum absolute atomic E-state index is 11.9. The minimum atomic E-state index is -3.85. The summed E-state index contributed by atoms with van der Waals surface area (Å²) in [5.41, 5.74) is -0.104. The number of hydrogen-bond acceptors (Lipinski definition) is 5. The summed E-state index contributed by atoms with van der Waals surface area (Å²) in [5.74, 6) is -1.43. The number of aromatic nitrogens is 1. The molecule has 3 N–H and O–H groups in total. The molecular formula is C12H17N3O5S. The number of rotatable bonds is 8. The van der Waals surface area contributed by atoms with Crippen molar-refractivity contribution in [1.29, 1.82) is 0 Å². The van der Waals surface area contributed by atoms with Gasteiger partial charge in [-0.3, -0.25) is 4.79 Å². The first-order valence-electron chi connectivity index (χ1n) is 6.32. The number of carboxylic acid groups (broad SMARTS) is 1. The molecule has 0 bridgehead atoms. The molecule has 1 amide bonds. The highest BCUT2D eigenvalue weighted by Gasteiger charge is 2.16. The summed E-state index contributed by atoms with van der Waals surface area (Å²) in [5, 5.41) is 11.0. The quantitative estimate of drug-likeness (QED) is 0.619. The molecule has 0 atom stereocenters. The molecule has 0 aliphatic carbocycles. The van der Waals surface area contributed by atoms with Gasteiger partial charge < -0.3 is 10.4 Å². The molecule has 0 fully saturated rings. The normalized spacial score (nSPS) is 11.1. The van der Waals surface area contributed by atoms with Crippen LogP contribution in [0.2, 0.25) is 0 Å². The van der Waals surface area contributed by atoms with Gasteiger partial charge in [-0.2, -0.15) is 0 Å². The summed E-state index contributed by atoms with van der Waals surface area (Å²) < 4.78 is 25.9. The molecule has 9 heteroatoms. The van der Waals surface area contributed by atoms with E-state index in [1.165, 1.54) is 0 Å². The lowest BCUT2D eigenvalue weighted by molar-refractivity contribution is -0.120. The van der Waals surface area contributed by atoms with Crippen LogP contribution in [0.5, 0.6) is 0 Å². The maximum atomic E-state index is 11.9. The van der Waals surface area contributed by atoms with Crippen LogP contribution < -0.4 is 10.0 Å². The van der Waals surface area contributed by atoms with Crippen LogP contribution in [0.15, 0.2) is 23.4 Å². The highest BCUT2D eigenvalue weighted by atomic mass is 32.2. The lowest BCUT2D eigenvalue weighted by atomic mass is 10.3. The second-order valence-corrected chi connectivity index (χ2v) is 5.90. The van der Waals surface area contributed by atoms with E-state index >= 15 is 0 Å². The fourth-order valence-corrected chi connectivity index (χ4v) is 2.35. The van der Waals surface area contributed by atoms with Crippen molar-refractivity contribution >= 4 is 21.9 Å². The monoisotopic (exact) mass is 315 g/mol. The van der Waals surface area contributed by atoms with E-state index in [0.29, 0.717) is 6.54 Å². The Kier molecular flexibility index (Phi) is 6.25. The van der Waals surface area contributed by atoms with Crippen LogP contribution in [0.25, 0.3) is 0 Å². The average molecular weight is 315 g/mol. The lowest BCUT2D eigenvalue weighted by Crippen LogP contribution is -2.31. The highest BCUT2D eigenvalue weighted by molar-refractivity contribution is 7.89. The van der Waals surface area contributed by atoms with E-state index in [9.17, 15) is 18.0 Å². The molecule has 0 aliphatic heterocycles. The van der Waals surface area contributed by atoms with Crippen molar-refractivity contribution in [2.45, 2.75) is 24.8 Å². The van der Waals surface area contributed by atoms with Crippen molar-refractivity contribution in [3.8, 4) is 0 Å². The molecule has 1 aromatic heterocycles. The van der Waals surface area contributed by atoms with Crippen molar-refractivity contribution in [3.05, 3.63) is 23.9 Å². The Bertz CT molecular complexity index is 598. The van der Waals surface area contributed by atoms with Crippen molar-refractivity contribution in [1.82, 2.24) is 15.0 Å². The van der Waals surface area contributed by atoms with Crippen LogP contribution in [0, 0.1) is 0 Å². The first kappa shape index (κ1) is 17.1. The van der Waals surface area contributed by atoms with Crippen LogP contribution in [0.4, 0.5) is 0 Å². The van der Waals surface area contributed by atoms with Crippen molar-refractivity contribution in [2.75, 3.05) is 13.1 Å². The smallest absolute Gasteiger partial charge is 0.337 e. The molecule has 0 radical (unpaired) electrons. The molecule has 0 aliphatic rings. The second-order valence-electron chi connectivity index (χ2n) is 4.19. The Morgan fingerprint density at radius 1 is 1.29 bits per heavy atom. The van der Waals surface area contributed by atoms with Gasteiger partial charge in [0.15, 0.2) is 5.03 Å². The van der Waals surface area contributed by atoms with E-state index in [2.05, 4.69) is 15.0 Å². The first-order chi connectivity index (χ1) is 9.86. The summed E-state index contributed by atoms with van der Waals surface area (Å²) in [6, 6.07) is 2.25. The van der Waals surface area contributed by atoms with Gasteiger partial charge in [-0.15, -0.1) is 0 Å². The number of amides is 1. The largest absolute Gasteiger partial charge is 0.478 e. The zero-order valence-electron chi connectivity index (χ0n) is 11.5. The number of hydrogen-bond donors (Lipinski definition) is 3. The van der Waals surface area contributed by atoms with Gasteiger partial charge in [0.2, 0.25) is 5.91 Å². The Balaban J connectivity index is 2.57. The van der Waals surface area contributed by atoms with Gasteiger partial charge >= 0.3 is 5.97 Å². The first-order valence-corrected chi connectivity index (χ1v) is 7.81. The summed E-state index contributed by atoms with van der Waals surface area (Å²) in [6.07, 6.45) is 1.79. The Morgan fingerprint density at radius 3 is 2.52 bits per heavy atom. The highest BCUT2D eigenvalue weighted by Crippen LogP contribution is 2.06. The third kappa shape index (κ3) is 5.48. The number of carboxylic acids is 1. The van der Waals surface area contributed by atoms with E-state index in [-0.39, 0.29) is 29.5 Å². The van der Waals surface area contributed by atoms with Crippen molar-refractivity contribution in [2.24, 2.45) is 0 Å². The van der Waals surface area contributed by atoms with Gasteiger partial charge in [-0.1, -0.05) is 6.92 Å². The molecule has 1 rings (SSSR count). The predicted molar refractivity (Wildman–Crippen MR) is 74.3 cm³/mol. The van der Waals surface area contributed by atoms with Gasteiger partial charge in [-0.05, 0) is 18.6 Å². The third-order valence-corrected chi connectivity index (χ3v) is 3.85. The Morgan fingerprint density at radius 2 is 2.00 bits per heavy atom. The summed E-state index contributed by atoms with van der Waals surface area (Å²) in [7, 11) is -3.85. The van der Waals surface area contributed by atoms with E-state index in [4.69, 9.17) is 5.11 Å². The van der Waals surface area contributed by atoms with Crippen molar-refractivity contribution in [3.63, 3.8) is 0 Å². The topological polar surface area (TPSA) is 125 Å². The van der Waals surface area contributed by atoms with Crippen LogP contribution >= 0.6 is 0 Å². The standard InChI is InChI=1S/C12H17N3O5S/c1-2-6-13-10(16)5-7-15-21(19,20)11-4-3-9(8-14-11)12(17)18/h3-4,8,15H,2,5-7H2,1H3,(H,13,16)(H,17,18). The summed E-state index contributed by atoms with van der Waals surface area (Å²) in [6.45, 7) is 2.40. The van der Waals surface area contributed by atoms with Gasteiger partial charge in [-0.25, -0.2) is 22.9 Å². The van der Waals surface area contributed by atoms with E-state index in [1.807, 2.05) is 6.92 Å². The number of carbonyl (C=O) groups excluding carboxylic acids is 1. The minimum absolute atomic E-state index is 0.0203. The lowest BCUT2D eigenvalue weighted by Gasteiger charge is -2.06. The Labute approximate surface area is 122 Å². The fourth-order valence-electron chi connectivity index (χ4n) is 1.39. The average Bonchev–Trinajstić information content (AvgIpc) is 2.45. The van der Waals surface area contributed by atoms with Crippen LogP contribution in [-0.4, -0.2) is 43.5 Å². The zero-order valence-corrected chi connectivity index (χ0v) is 12.3. The fraction of sp³-hybridized carbons (Fsp3) is 0.417. The van der Waals surface area contributed by atoms with Gasteiger partial charge in [0.05, 0.1) is 5.56 Å². The van der Waals surface area contributed by atoms with Gasteiger partial charge in [0.25, 0.3) is 10.0 Å². The third-order valence-electron chi connectivity index (χ3n) is 2.47. The number of aromatic carboxylic acids is 1. The molecule has 116 valence electrons. The van der Waals surface area contributed by atoms with Crippen LogP contribution in [-0.2, 0) is 14.8 Å². The molecule has 1 heterocycles. The maximum Gasteiger partial charge on any atom is 0.337 e. The van der Waals surface area contributed by atoms with E-state index in [1.54, 1.807) is 0 Å². The van der Waals surface area contributed by atoms with Crippen LogP contribution in [0.1, 0.15) is 30.1 Å². The number of carbonyl (C=O) groups is 2. The molecule has 0 unspecified atom stereocenters. The second kappa shape index (κ2) is 7.70. The van der Waals surface area contributed by atoms with Crippen molar-refractivity contribution < 1.29 is 23.1 Å². The molecule has 21 heavy (non-hydrogen) atoms. The molecule has 0 spiro atoms. The summed E-state index contributed by atoms with van der Waals surface area (Å²) >= 11 is 0. The molecule has 8 nitrogen and oxygen atoms in total. The summed E-state index contributed by atoms with van der Waals surface area (Å²) in [4.78, 5) is 25.5. The molecule has 1 aromatic rings. The number of pyridine rings is 1. The predicted octanol–water partition coefficient (Wildman–Crippen LogP) is -0.0256. The SMILES string of the molecule is CCCNC(=O)CCNS(=O)(=O)c1ccc(C(=O)O)cn1. The van der Waals surface area contributed by atoms with E-state index < -0.39 is 16.0 Å². The van der Waals surface area contributed by atoms with Crippen LogP contribution in [0.3, 0.4) is 0 Å². The molecule has 0 saturated heterocycles. The number of nitrogens with zero attached hydrogens (tertiary/aromatic N) is 1. The Hall–Kier alpha value is -2.00. The minimum Gasteiger partial charge on any atom is -0.478 e. The molecule has 0 aromatic carbocycles. The number of sulfonamides is 1. The molecule has 0 saturated carbocycles. The van der Waals surface area contributed by atoms with E-state index in [0.717, 1.165) is 24.8 Å². The van der Waals surface area contributed by atoms with Gasteiger partial charge in [0, 0.05) is 25.7 Å². The number of nitrogens with one attached hydrogen (secondary N) is 2. The van der Waals surface area contributed by atoms with Gasteiger partial charge in [0.1, 0.15) is 0 Å². The molecular weight excluding hydrogens is 298 g/mol. The zero-order chi connectivity index (χ0) is 15.9.